The van der Waals surface area contributed by atoms with Crippen LogP contribution in [0.1, 0.15) is 231 Å². The molecule has 1 fully saturated rings. The zero-order valence-corrected chi connectivity index (χ0v) is 99.1. The van der Waals surface area contributed by atoms with Crippen molar-refractivity contribution in [2.75, 3.05) is 166 Å². The molecule has 0 saturated carbocycles. The van der Waals surface area contributed by atoms with Crippen molar-refractivity contribution >= 4 is 145 Å². The molecule has 0 aromatic heterocycles. The summed E-state index contributed by atoms with van der Waals surface area (Å²) < 4.78 is 266. The van der Waals surface area contributed by atoms with Crippen molar-refractivity contribution in [3.63, 3.8) is 0 Å². The number of sulfonamides is 5. The minimum absolute atomic E-state index is 0.00303. The zero-order valence-electron chi connectivity index (χ0n) is 90.3. The van der Waals surface area contributed by atoms with Crippen LogP contribution in [-0.4, -0.2) is 269 Å². The van der Waals surface area contributed by atoms with Crippen molar-refractivity contribution in [3.8, 4) is 0 Å². The van der Waals surface area contributed by atoms with Crippen molar-refractivity contribution in [3.05, 3.63) is 47.2 Å². The van der Waals surface area contributed by atoms with E-state index in [1.165, 1.54) is 65.4 Å². The van der Waals surface area contributed by atoms with Crippen LogP contribution < -0.4 is 18.9 Å². The average Bonchev–Trinajstić information content (AvgIpc) is 1.72. The summed E-state index contributed by atoms with van der Waals surface area (Å²) in [4.78, 5) is 58.9. The zero-order chi connectivity index (χ0) is 111. The maximum absolute atomic E-state index is 11.5. The number of sulfone groups is 3. The molecule has 0 spiro atoms. The second kappa shape index (κ2) is 81.0. The van der Waals surface area contributed by atoms with Crippen LogP contribution in [-0.2, 0) is 143 Å². The Morgan fingerprint density at radius 3 is 1.19 bits per heavy atom. The van der Waals surface area contributed by atoms with Gasteiger partial charge in [0.05, 0.1) is 58.7 Å². The van der Waals surface area contributed by atoms with Gasteiger partial charge < -0.3 is 33.2 Å². The summed E-state index contributed by atoms with van der Waals surface area (Å²) in [5.74, 6) is 9.26. The summed E-state index contributed by atoms with van der Waals surface area (Å²) >= 11 is 4.98. The van der Waals surface area contributed by atoms with Crippen LogP contribution in [0.3, 0.4) is 0 Å². The molecule has 0 aromatic carbocycles. The van der Waals surface area contributed by atoms with E-state index in [1.807, 2.05) is 149 Å². The summed E-state index contributed by atoms with van der Waals surface area (Å²) in [5, 5.41) is 1.18. The first-order valence-corrected chi connectivity index (χ1v) is 69.5. The third kappa shape index (κ3) is 154. The maximum atomic E-state index is 11.5. The van der Waals surface area contributed by atoms with Gasteiger partial charge in [0.25, 0.3) is 0 Å². The molecule has 0 aliphatic carbocycles. The van der Waals surface area contributed by atoms with Gasteiger partial charge in [-0.1, -0.05) is 223 Å². The van der Waals surface area contributed by atoms with Crippen LogP contribution in [0.2, 0.25) is 0 Å². The molecule has 802 valence electrons. The van der Waals surface area contributed by atoms with E-state index < -0.39 is 134 Å². The van der Waals surface area contributed by atoms with Crippen LogP contribution in [0.5, 0.6) is 0 Å². The minimum atomic E-state index is -3.44. The number of rotatable bonds is 43. The Morgan fingerprint density at radius 1 is 0.530 bits per heavy atom. The number of carbonyl (C=O) groups is 3. The van der Waals surface area contributed by atoms with Crippen LogP contribution in [0.15, 0.2) is 47.2 Å². The molecule has 1 saturated heterocycles. The van der Waals surface area contributed by atoms with Crippen molar-refractivity contribution in [2.45, 2.75) is 226 Å². The second-order valence-electron chi connectivity index (χ2n) is 36.6. The van der Waals surface area contributed by atoms with E-state index in [-0.39, 0.29) is 71.2 Å². The summed E-state index contributed by atoms with van der Waals surface area (Å²) in [5.41, 5.74) is -0.591. The van der Waals surface area contributed by atoms with Crippen molar-refractivity contribution < 1.29 is 137 Å². The Labute approximate surface area is 815 Å². The normalized spacial score (nSPS) is 15.8. The predicted molar refractivity (Wildman–Crippen MR) is 560 cm³/mol. The number of hydrogen-bond donors (Lipinski definition) is 7. The van der Waals surface area contributed by atoms with Crippen molar-refractivity contribution in [1.82, 2.24) is 23.2 Å². The molecule has 1 rings (SSSR count). The highest BCUT2D eigenvalue weighted by Gasteiger charge is 2.28. The highest BCUT2D eigenvalue weighted by Crippen LogP contribution is 2.44. The van der Waals surface area contributed by atoms with Gasteiger partial charge in [-0.25, -0.2) is 85.8 Å². The van der Waals surface area contributed by atoms with E-state index in [0.717, 1.165) is 51.2 Å². The Bertz CT molecular complexity index is 4520. The summed E-state index contributed by atoms with van der Waals surface area (Å²) in [6.07, 6.45) is 11.7. The fourth-order valence-electron chi connectivity index (χ4n) is 7.05. The largest absolute Gasteiger partial charge is 0.373 e. The number of nitrogens with zero attached hydrogens (tertiary/aromatic N) is 1. The van der Waals surface area contributed by atoms with Gasteiger partial charge in [0.15, 0.2) is 25.5 Å². The Morgan fingerprint density at radius 2 is 0.939 bits per heavy atom. The van der Waals surface area contributed by atoms with E-state index in [0.29, 0.717) is 104 Å². The topological polar surface area (TPSA) is 542 Å². The molecular weight excluding hydrogens is 1990 g/mol. The fraction of sp³-hybridized carbons (Fsp3) is 0.867. The Kier molecular flexibility index (Phi) is 90.9. The monoisotopic (exact) mass is 2180 g/mol. The molecule has 1 amide bonds. The van der Waals surface area contributed by atoms with E-state index in [1.54, 1.807) is 55.8 Å². The third-order valence-electron chi connectivity index (χ3n) is 13.8. The molecular formula is C83H186N5O30P5S9. The first-order chi connectivity index (χ1) is 59.7. The molecule has 0 aromatic rings. The molecule has 1 aliphatic heterocycles. The molecule has 1 heterocycles. The van der Waals surface area contributed by atoms with E-state index in [4.69, 9.17) is 39.7 Å². The number of hydrogen-bond acceptors (Lipinski definition) is 28. The molecule has 1 aliphatic rings. The summed E-state index contributed by atoms with van der Waals surface area (Å²) in [6.45, 7) is 64.1. The molecule has 0 bridgehead atoms. The highest BCUT2D eigenvalue weighted by molar-refractivity contribution is 8.12. The molecule has 7 N–H and O–H groups in total. The number of allylic oxidation sites excluding steroid dienone is 4. The van der Waals surface area contributed by atoms with Crippen LogP contribution >= 0.6 is 35.7 Å². The van der Waals surface area contributed by atoms with E-state index in [2.05, 4.69) is 46.4 Å². The number of amides is 1. The Hall–Kier alpha value is -1.50. The lowest BCUT2D eigenvalue weighted by Crippen LogP contribution is -2.32. The van der Waals surface area contributed by atoms with E-state index >= 15 is 0 Å². The van der Waals surface area contributed by atoms with Gasteiger partial charge in [0.2, 0.25) is 85.5 Å². The van der Waals surface area contributed by atoms with Crippen molar-refractivity contribution in [1.29, 1.82) is 0 Å². The lowest BCUT2D eigenvalue weighted by Gasteiger charge is -2.15. The second-order valence-corrected chi connectivity index (χ2v) is 67.0. The van der Waals surface area contributed by atoms with Crippen LogP contribution in [0, 0.1) is 76.9 Å². The smallest absolute Gasteiger partial charge is 0.235 e. The number of nitrogens with one attached hydrogen (secondary N) is 4. The van der Waals surface area contributed by atoms with Gasteiger partial charge in [-0.3, -0.25) is 37.4 Å². The lowest BCUT2D eigenvalue weighted by molar-refractivity contribution is -0.122. The maximum Gasteiger partial charge on any atom is 0.235 e. The average molecular weight is 2180 g/mol. The van der Waals surface area contributed by atoms with Crippen LogP contribution in [0.25, 0.3) is 0 Å². The molecule has 35 nitrogen and oxygen atoms in total. The van der Waals surface area contributed by atoms with Gasteiger partial charge in [-0.15, -0.1) is 0 Å². The molecule has 0 radical (unpaired) electrons. The number of ether oxygens (including phenoxy) is 2. The predicted octanol–water partition coefficient (Wildman–Crippen LogP) is 15.7. The molecule has 49 heteroatoms. The highest BCUT2D eigenvalue weighted by atomic mass is 32.4. The van der Waals surface area contributed by atoms with Crippen LogP contribution in [0.4, 0.5) is 0 Å². The molecule has 132 heavy (non-hydrogen) atoms. The van der Waals surface area contributed by atoms with Gasteiger partial charge in [0, 0.05) is 90.4 Å². The Balaban J connectivity index is -0.000000122. The molecule has 5 atom stereocenters. The number of Topliss-reactive ketones (excluding diaryl/α,β-unsaturated/α-hetero) is 2. The third-order valence-corrected chi connectivity index (χ3v) is 32.5. The minimum Gasteiger partial charge on any atom is -0.373 e. The van der Waals surface area contributed by atoms with Crippen molar-refractivity contribution in [2.24, 2.45) is 76.9 Å². The van der Waals surface area contributed by atoms with E-state index in [9.17, 15) is 105 Å². The number of ketones is 2. The standard InChI is InChI=1S/C8H17O2PS.C7H15NO2S.C7H17O4PS.2C7H15O2P.C7H14O2.C6H15NO2S.C6H13NO2S.C6H14O3S.C6H13O2P.C6H14O2S.C5H11NO3S.C5H13NO2S/c1-7(2)4-5-11(10,12)6-8(3)9;1-7(2)6-8-4-3-5-11(8,9)10;1-7(2)4-5-13(10,11)6-12(3,8)9;2*1-7(2)5-6-10(4,8)9-3;1-6(2)4-9-5-7(3)8;2*1-6(2)4-5-10(8,9)7-3;1-6(2)4-9-5-10(3,7)8;1-6(2)4-5-9(3,7)8;1-4-9(7,8)5-6(2)3;1-4(2)5(7)6-10(3,8)9;1-5(2)4-6-9(3,7)8/h7H,4-6H2,1-3H3,(H,10,12);7H,3-6H2,1-2H3;7H,4-6H2,1-3H3,(H,8,9);2*5-7H,1-4H3;6H,4-5H2,1-3H3;6-7H,4-5H2,1-3H3;4-7H,1-3H3;6H,4-5H2,1-3H3;4-6H,1-3H3,(H,7,8);6H,4-5H2,1-3H3;4H,1-3H3,(H,6,7);5-6H,4H2,1-3H3/b;;;2*6-5+;;;5-4+;;5-4+;;;/i;;;3D3;;;;;;;;;. The quantitative estimate of drug-likeness (QED) is 0.0279. The fourth-order valence-corrected chi connectivity index (χ4v) is 22.3. The SMILES string of the molecule is CC(=O)COCC(C)C.CC(=O)CP(O)(=S)CCC(C)C.CC(C)/C=C/P(C)(=O)O.CC(C)C(=O)NS(C)(=O)=O.CC(C)CCS(=O)(=O)CP(C)(=O)O.CC(C)CN1CCCS1(=O)=O.CC(C)CNS(C)(=O)=O.CC(C)COCS(C)(=O)=O.CCS(=O)(=O)CC(C)C.CNS(=O)(=O)/C=C/C(C)C.CNS(=O)(=O)CCC(C)C.COP(C)(=O)/C=C/C(C)C.[2H]C([2H])([2H])OP(C)(=O)/C=C/C(C)C. The first kappa shape index (κ1) is 148. The van der Waals surface area contributed by atoms with Gasteiger partial charge in [-0.05, 0) is 148 Å². The lowest BCUT2D eigenvalue weighted by atomic mass is 10.2. The molecule has 5 unspecified atom stereocenters. The van der Waals surface area contributed by atoms with Gasteiger partial charge in [-0.2, -0.15) is 0 Å². The number of carbonyl (C=O) groups excluding carboxylic acids is 3. The first-order valence-electron chi connectivity index (χ1n) is 44.8. The summed E-state index contributed by atoms with van der Waals surface area (Å²) in [6, 6.07) is 0. The van der Waals surface area contributed by atoms with Gasteiger partial charge in [0.1, 0.15) is 33.7 Å². The summed E-state index contributed by atoms with van der Waals surface area (Å²) in [7, 11) is -34.5. The van der Waals surface area contributed by atoms with Gasteiger partial charge >= 0.3 is 0 Å².